The Morgan fingerprint density at radius 1 is 1.62 bits per heavy atom. The van der Waals surface area contributed by atoms with Crippen LogP contribution in [0.2, 0.25) is 0 Å². The van der Waals surface area contributed by atoms with Crippen molar-refractivity contribution < 1.29 is 9.94 Å². The number of nitrogens with two attached hydrogens (primary N) is 1. The molecular formula is C11H23N3O2. The summed E-state index contributed by atoms with van der Waals surface area (Å²) in [5, 5.41) is 11.9. The summed E-state index contributed by atoms with van der Waals surface area (Å²) in [6.45, 7) is 7.81. The van der Waals surface area contributed by atoms with E-state index >= 15 is 0 Å². The molecule has 16 heavy (non-hydrogen) atoms. The molecule has 1 saturated heterocycles. The molecule has 0 aromatic heterocycles. The second kappa shape index (κ2) is 6.06. The van der Waals surface area contributed by atoms with E-state index < -0.39 is 0 Å². The van der Waals surface area contributed by atoms with E-state index in [-0.39, 0.29) is 12.1 Å². The molecule has 3 unspecified atom stereocenters. The van der Waals surface area contributed by atoms with Crippen LogP contribution in [0.5, 0.6) is 0 Å². The van der Waals surface area contributed by atoms with E-state index in [1.165, 1.54) is 0 Å². The molecule has 5 heteroatoms. The molecule has 0 radical (unpaired) electrons. The van der Waals surface area contributed by atoms with Gasteiger partial charge in [0, 0.05) is 12.6 Å². The Morgan fingerprint density at radius 2 is 2.31 bits per heavy atom. The van der Waals surface area contributed by atoms with Crippen LogP contribution in [-0.2, 0) is 4.74 Å². The molecule has 0 saturated carbocycles. The van der Waals surface area contributed by atoms with Gasteiger partial charge in [0.1, 0.15) is 0 Å². The van der Waals surface area contributed by atoms with Gasteiger partial charge >= 0.3 is 0 Å². The Labute approximate surface area is 97.2 Å². The minimum absolute atomic E-state index is 0.0151. The zero-order chi connectivity index (χ0) is 12.1. The highest BCUT2D eigenvalue weighted by Gasteiger charge is 2.32. The highest BCUT2D eigenvalue weighted by molar-refractivity contribution is 5.85. The number of hydrogen-bond donors (Lipinski definition) is 2. The fourth-order valence-electron chi connectivity index (χ4n) is 2.28. The summed E-state index contributed by atoms with van der Waals surface area (Å²) in [6, 6.07) is 0.378. The summed E-state index contributed by atoms with van der Waals surface area (Å²) in [5.74, 6) is 0.301. The molecule has 0 amide bonds. The topological polar surface area (TPSA) is 71.1 Å². The summed E-state index contributed by atoms with van der Waals surface area (Å²) in [4.78, 5) is 2.29. The summed E-state index contributed by atoms with van der Waals surface area (Å²) in [5.41, 5.74) is 5.74. The molecule has 0 aromatic rings. The van der Waals surface area contributed by atoms with Crippen LogP contribution in [0, 0.1) is 0 Å². The Kier molecular flexibility index (Phi) is 5.02. The lowest BCUT2D eigenvalue weighted by Gasteiger charge is -2.42. The zero-order valence-corrected chi connectivity index (χ0v) is 10.4. The lowest BCUT2D eigenvalue weighted by molar-refractivity contribution is -0.0638. The van der Waals surface area contributed by atoms with Crippen molar-refractivity contribution in [2.24, 2.45) is 10.9 Å². The molecule has 0 spiro atoms. The number of nitrogens with zero attached hydrogens (tertiary/aromatic N) is 2. The van der Waals surface area contributed by atoms with Crippen LogP contribution in [0.15, 0.2) is 5.16 Å². The molecule has 5 nitrogen and oxygen atoms in total. The first-order valence-corrected chi connectivity index (χ1v) is 5.98. The number of ether oxygens (including phenoxy) is 1. The standard InChI is InChI=1S/C11H23N3O2/c1-4-9-7-16-8(3)6-14(9)10(5-2)11(12)13-15/h8-10,15H,4-7H2,1-3H3,(H2,12,13). The fourth-order valence-corrected chi connectivity index (χ4v) is 2.28. The van der Waals surface area contributed by atoms with E-state index in [4.69, 9.17) is 15.7 Å². The van der Waals surface area contributed by atoms with E-state index in [0.29, 0.717) is 11.9 Å². The third-order valence-electron chi connectivity index (χ3n) is 3.23. The van der Waals surface area contributed by atoms with Gasteiger partial charge in [0.15, 0.2) is 5.84 Å². The third-order valence-corrected chi connectivity index (χ3v) is 3.23. The molecule has 1 rings (SSSR count). The summed E-state index contributed by atoms with van der Waals surface area (Å²) in [6.07, 6.45) is 2.07. The fraction of sp³-hybridized carbons (Fsp3) is 0.909. The van der Waals surface area contributed by atoms with E-state index in [0.717, 1.165) is 26.0 Å². The number of amidine groups is 1. The van der Waals surface area contributed by atoms with Gasteiger partial charge in [0.2, 0.25) is 0 Å². The molecule has 3 atom stereocenters. The van der Waals surface area contributed by atoms with Crippen molar-refractivity contribution in [3.8, 4) is 0 Å². The molecule has 0 aliphatic carbocycles. The minimum atomic E-state index is 0.0151. The smallest absolute Gasteiger partial charge is 0.156 e. The van der Waals surface area contributed by atoms with E-state index in [1.807, 2.05) is 0 Å². The summed E-state index contributed by atoms with van der Waals surface area (Å²) < 4.78 is 5.63. The normalized spacial score (nSPS) is 30.3. The molecule has 0 bridgehead atoms. The van der Waals surface area contributed by atoms with Gasteiger partial charge in [0.25, 0.3) is 0 Å². The molecule has 1 fully saturated rings. The van der Waals surface area contributed by atoms with Crippen molar-refractivity contribution in [1.82, 2.24) is 4.90 Å². The molecule has 1 aliphatic rings. The average Bonchev–Trinajstić information content (AvgIpc) is 2.30. The second-order valence-corrected chi connectivity index (χ2v) is 4.35. The van der Waals surface area contributed by atoms with Gasteiger partial charge in [-0.1, -0.05) is 19.0 Å². The summed E-state index contributed by atoms with van der Waals surface area (Å²) in [7, 11) is 0. The predicted octanol–water partition coefficient (Wildman–Crippen LogP) is 1.01. The van der Waals surface area contributed by atoms with Crippen molar-refractivity contribution in [2.75, 3.05) is 13.2 Å². The lowest BCUT2D eigenvalue weighted by atomic mass is 10.0. The number of hydrogen-bond acceptors (Lipinski definition) is 4. The second-order valence-electron chi connectivity index (χ2n) is 4.35. The minimum Gasteiger partial charge on any atom is -0.409 e. The SMILES string of the molecule is CCC1COC(C)CN1C(CC)C(N)=NO. The van der Waals surface area contributed by atoms with Gasteiger partial charge in [-0.25, -0.2) is 0 Å². The van der Waals surface area contributed by atoms with Crippen molar-refractivity contribution >= 4 is 5.84 Å². The maximum Gasteiger partial charge on any atom is 0.156 e. The van der Waals surface area contributed by atoms with Gasteiger partial charge in [-0.15, -0.1) is 0 Å². The van der Waals surface area contributed by atoms with E-state index in [9.17, 15) is 0 Å². The van der Waals surface area contributed by atoms with Crippen LogP contribution in [0.25, 0.3) is 0 Å². The molecule has 3 N–H and O–H groups in total. The predicted molar refractivity (Wildman–Crippen MR) is 63.7 cm³/mol. The van der Waals surface area contributed by atoms with Crippen LogP contribution in [0.1, 0.15) is 33.6 Å². The van der Waals surface area contributed by atoms with Gasteiger partial charge in [-0.3, -0.25) is 4.90 Å². The highest BCUT2D eigenvalue weighted by Crippen LogP contribution is 2.19. The zero-order valence-electron chi connectivity index (χ0n) is 10.4. The largest absolute Gasteiger partial charge is 0.409 e. The molecule has 1 aliphatic heterocycles. The van der Waals surface area contributed by atoms with Crippen molar-refractivity contribution in [3.05, 3.63) is 0 Å². The van der Waals surface area contributed by atoms with Crippen LogP contribution in [0.4, 0.5) is 0 Å². The first kappa shape index (κ1) is 13.3. The van der Waals surface area contributed by atoms with Crippen molar-refractivity contribution in [1.29, 1.82) is 0 Å². The van der Waals surface area contributed by atoms with Crippen molar-refractivity contribution in [3.63, 3.8) is 0 Å². The Bertz CT molecular complexity index is 245. The van der Waals surface area contributed by atoms with Crippen LogP contribution >= 0.6 is 0 Å². The van der Waals surface area contributed by atoms with E-state index in [1.54, 1.807) is 0 Å². The van der Waals surface area contributed by atoms with Gasteiger partial charge in [0.05, 0.1) is 18.8 Å². The third kappa shape index (κ3) is 2.86. The summed E-state index contributed by atoms with van der Waals surface area (Å²) >= 11 is 0. The molecule has 0 aromatic carbocycles. The Balaban J connectivity index is 2.78. The maximum absolute atomic E-state index is 8.80. The van der Waals surface area contributed by atoms with Gasteiger partial charge in [-0.05, 0) is 19.8 Å². The maximum atomic E-state index is 8.80. The van der Waals surface area contributed by atoms with Crippen LogP contribution in [0.3, 0.4) is 0 Å². The Morgan fingerprint density at radius 3 is 2.81 bits per heavy atom. The van der Waals surface area contributed by atoms with Crippen LogP contribution in [-0.4, -0.2) is 47.3 Å². The van der Waals surface area contributed by atoms with Gasteiger partial charge < -0.3 is 15.7 Å². The van der Waals surface area contributed by atoms with Crippen LogP contribution < -0.4 is 5.73 Å². The first-order chi connectivity index (χ1) is 7.63. The number of morpholine rings is 1. The Hall–Kier alpha value is -0.810. The number of oxime groups is 1. The average molecular weight is 229 g/mol. The lowest BCUT2D eigenvalue weighted by Crippen LogP contribution is -2.56. The van der Waals surface area contributed by atoms with E-state index in [2.05, 4.69) is 30.8 Å². The quantitative estimate of drug-likeness (QED) is 0.327. The van der Waals surface area contributed by atoms with Crippen molar-refractivity contribution in [2.45, 2.75) is 51.8 Å². The first-order valence-electron chi connectivity index (χ1n) is 5.98. The molecule has 1 heterocycles. The monoisotopic (exact) mass is 229 g/mol. The molecule has 94 valence electrons. The number of rotatable bonds is 4. The van der Waals surface area contributed by atoms with Gasteiger partial charge in [-0.2, -0.15) is 0 Å². The molecular weight excluding hydrogens is 206 g/mol. The highest BCUT2D eigenvalue weighted by atomic mass is 16.5.